The molecule has 12 N–H and O–H groups in total. The van der Waals surface area contributed by atoms with E-state index < -0.39 is 112 Å². The maximum Gasteiger partial charge on any atom is 0.187 e. The Labute approximate surface area is 327 Å². The minimum Gasteiger partial charge on any atom is -0.394 e. The van der Waals surface area contributed by atoms with Crippen molar-refractivity contribution in [3.05, 3.63) is 65.2 Å². The zero-order valence-electron chi connectivity index (χ0n) is 31.0. The van der Waals surface area contributed by atoms with E-state index >= 15 is 0 Å². The van der Waals surface area contributed by atoms with Gasteiger partial charge >= 0.3 is 0 Å². The number of nitrogens with one attached hydrogen (secondary N) is 2. The molecule has 20 nitrogen and oxygen atoms in total. The standard InChI is InChI=1S/C37H52N4O16/c1-40-13-17-7-2-3-8-18(17)25-24(19-9-4-5-10-20(19)40)38-39-41(25)11-6-12-52-35-31(50)28(47)33(22(15-43)54-35)57-37-32(51)29(48)34(23(16-44)55-37)56-36-30(49)27(46)26(45)21(14-42)53-36/h2-5,7-10,21-23,26-39,42-51H,6,11-16H2,1H3/t21?,22?,23?,26-,27+,28-,29-,30?,31?,32?,33-,34-,35?,36+,37+/m1/s1. The molecule has 0 bridgehead atoms. The van der Waals surface area contributed by atoms with Gasteiger partial charge in [0.2, 0.25) is 0 Å². The van der Waals surface area contributed by atoms with Crippen LogP contribution in [0.4, 0.5) is 5.69 Å². The predicted molar refractivity (Wildman–Crippen MR) is 194 cm³/mol. The molecule has 57 heavy (non-hydrogen) atoms. The molecule has 3 saturated heterocycles. The first-order valence-corrected chi connectivity index (χ1v) is 18.9. The van der Waals surface area contributed by atoms with Crippen molar-refractivity contribution in [3.63, 3.8) is 0 Å². The monoisotopic (exact) mass is 808 g/mol. The summed E-state index contributed by atoms with van der Waals surface area (Å²) in [6, 6.07) is 16.3. The smallest absolute Gasteiger partial charge is 0.187 e. The second kappa shape index (κ2) is 18.0. The van der Waals surface area contributed by atoms with Crippen LogP contribution in [-0.4, -0.2) is 188 Å². The minimum absolute atomic E-state index is 0.0739. The summed E-state index contributed by atoms with van der Waals surface area (Å²) in [6.45, 7) is -1.05. The topological polar surface area (TPSA) is 288 Å². The molecule has 5 aliphatic rings. The Morgan fingerprint density at radius 2 is 1.19 bits per heavy atom. The van der Waals surface area contributed by atoms with Gasteiger partial charge in [-0.15, -0.1) is 5.53 Å². The van der Waals surface area contributed by atoms with Gasteiger partial charge in [0.1, 0.15) is 73.2 Å². The molecule has 15 atom stereocenters. The molecule has 5 aliphatic heterocycles. The van der Waals surface area contributed by atoms with Gasteiger partial charge in [-0.2, -0.15) is 0 Å². The number of benzene rings is 2. The summed E-state index contributed by atoms with van der Waals surface area (Å²) < 4.78 is 34.0. The molecule has 20 heteroatoms. The van der Waals surface area contributed by atoms with Gasteiger partial charge in [0, 0.05) is 37.0 Å². The van der Waals surface area contributed by atoms with Gasteiger partial charge in [-0.25, -0.2) is 0 Å². The number of para-hydroxylation sites is 1. The molecule has 2 aromatic rings. The lowest BCUT2D eigenvalue weighted by atomic mass is 9.96. The number of aliphatic hydroxyl groups excluding tert-OH is 10. The van der Waals surface area contributed by atoms with E-state index in [-0.39, 0.29) is 6.61 Å². The van der Waals surface area contributed by atoms with E-state index in [0.717, 1.165) is 33.8 Å². The lowest BCUT2D eigenvalue weighted by molar-refractivity contribution is -0.379. The van der Waals surface area contributed by atoms with Crippen LogP contribution in [0.3, 0.4) is 0 Å². The minimum atomic E-state index is -1.93. The lowest BCUT2D eigenvalue weighted by Crippen LogP contribution is -2.66. The third-order valence-corrected chi connectivity index (χ3v) is 11.0. The van der Waals surface area contributed by atoms with Crippen molar-refractivity contribution in [2.24, 2.45) is 0 Å². The van der Waals surface area contributed by atoms with E-state index in [4.69, 9.17) is 28.4 Å². The van der Waals surface area contributed by atoms with Gasteiger partial charge < -0.3 is 89.8 Å². The van der Waals surface area contributed by atoms with Gasteiger partial charge in [-0.05, 0) is 18.1 Å². The van der Waals surface area contributed by atoms with Crippen molar-refractivity contribution >= 4 is 17.1 Å². The van der Waals surface area contributed by atoms with Gasteiger partial charge in [0.15, 0.2) is 18.9 Å². The normalized spacial score (nSPS) is 38.2. The van der Waals surface area contributed by atoms with Crippen molar-refractivity contribution in [2.75, 3.05) is 44.9 Å². The lowest BCUT2D eigenvalue weighted by Gasteiger charge is -2.48. The molecule has 2 aromatic carbocycles. The van der Waals surface area contributed by atoms with Gasteiger partial charge in [0.25, 0.3) is 0 Å². The van der Waals surface area contributed by atoms with Crippen LogP contribution in [0.1, 0.15) is 23.1 Å². The van der Waals surface area contributed by atoms with Crippen molar-refractivity contribution in [1.82, 2.24) is 16.0 Å². The van der Waals surface area contributed by atoms with Crippen LogP contribution < -0.4 is 15.9 Å². The van der Waals surface area contributed by atoms with Gasteiger partial charge in [0.05, 0.1) is 37.8 Å². The van der Waals surface area contributed by atoms with E-state index in [1.807, 2.05) is 29.3 Å². The molecule has 3 fully saturated rings. The summed E-state index contributed by atoms with van der Waals surface area (Å²) in [7, 11) is 2.06. The third-order valence-electron chi connectivity index (χ3n) is 11.0. The van der Waals surface area contributed by atoms with E-state index in [9.17, 15) is 51.1 Å². The number of hydrogen-bond acceptors (Lipinski definition) is 20. The summed E-state index contributed by atoms with van der Waals surface area (Å²) in [4.78, 5) is 2.20. The predicted octanol–water partition coefficient (Wildman–Crippen LogP) is -4.36. The highest BCUT2D eigenvalue weighted by molar-refractivity contribution is 5.95. The number of ether oxygens (including phenoxy) is 6. The number of nitrogens with zero attached hydrogens (tertiary/aromatic N) is 2. The van der Waals surface area contributed by atoms with Crippen molar-refractivity contribution in [1.29, 1.82) is 0 Å². The maximum atomic E-state index is 11.1. The summed E-state index contributed by atoms with van der Waals surface area (Å²) in [5.74, 6) is 0. The zero-order chi connectivity index (χ0) is 40.5. The summed E-state index contributed by atoms with van der Waals surface area (Å²) >= 11 is 0. The molecule has 0 saturated carbocycles. The average Bonchev–Trinajstić information content (AvgIpc) is 3.64. The van der Waals surface area contributed by atoms with Crippen molar-refractivity contribution < 1.29 is 79.5 Å². The number of hydrazine groups is 2. The third kappa shape index (κ3) is 8.25. The molecule has 0 amide bonds. The number of rotatable bonds is 12. The Hall–Kier alpha value is -3.10. The van der Waals surface area contributed by atoms with Crippen LogP contribution in [0.2, 0.25) is 0 Å². The number of aliphatic hydroxyl groups is 10. The first-order valence-electron chi connectivity index (χ1n) is 18.9. The van der Waals surface area contributed by atoms with E-state index in [0.29, 0.717) is 19.5 Å². The second-order valence-electron chi connectivity index (χ2n) is 14.7. The van der Waals surface area contributed by atoms with Gasteiger partial charge in [-0.3, -0.25) is 5.01 Å². The highest BCUT2D eigenvalue weighted by Crippen LogP contribution is 2.39. The molecular weight excluding hydrogens is 756 g/mol. The summed E-state index contributed by atoms with van der Waals surface area (Å²) in [6.07, 6.45) is -24.2. The fraction of sp³-hybridized carbons (Fsp3) is 0.622. The SMILES string of the molecule is CN1Cc2ccccc2C2=C(NNN2CCCOC2OC(CO)[C@@H](O[C@@H]3OC(CO)[C@@H](O[C@@H]4OC(CO)[C@@H](O)[C@H](O)C4O)[C@H](O)C3O)[C@H](O)C2O)c2ccccc21. The summed E-state index contributed by atoms with van der Waals surface area (Å²) in [5.41, 5.74) is 12.8. The van der Waals surface area contributed by atoms with E-state index in [1.54, 1.807) is 0 Å². The Kier molecular flexibility index (Phi) is 13.3. The molecule has 0 aromatic heterocycles. The molecule has 316 valence electrons. The number of fused-ring (bicyclic) bond motifs is 4. The highest BCUT2D eigenvalue weighted by Gasteiger charge is 2.53. The van der Waals surface area contributed by atoms with Crippen LogP contribution in [0.5, 0.6) is 0 Å². The number of anilines is 1. The Balaban J connectivity index is 0.959. The molecule has 7 rings (SSSR count). The second-order valence-corrected chi connectivity index (χ2v) is 14.7. The molecule has 0 spiro atoms. The summed E-state index contributed by atoms with van der Waals surface area (Å²) in [5, 5.41) is 106. The Morgan fingerprint density at radius 1 is 0.649 bits per heavy atom. The average molecular weight is 809 g/mol. The largest absolute Gasteiger partial charge is 0.394 e. The van der Waals surface area contributed by atoms with Crippen LogP contribution in [0, 0.1) is 0 Å². The van der Waals surface area contributed by atoms with Crippen molar-refractivity contribution in [2.45, 2.75) is 105 Å². The Bertz CT molecular complexity index is 1690. The first-order chi connectivity index (χ1) is 27.5. The van der Waals surface area contributed by atoms with Gasteiger partial charge in [-0.1, -0.05) is 42.5 Å². The Morgan fingerprint density at radius 3 is 1.84 bits per heavy atom. The molecule has 0 radical (unpaired) electrons. The maximum absolute atomic E-state index is 11.1. The molecule has 5 heterocycles. The zero-order valence-corrected chi connectivity index (χ0v) is 31.0. The quantitative estimate of drug-likeness (QED) is 0.0903. The molecular formula is C37H52N4O16. The van der Waals surface area contributed by atoms with E-state index in [1.165, 1.54) is 0 Å². The number of hydrogen-bond donors (Lipinski definition) is 12. The first kappa shape index (κ1) is 42.0. The van der Waals surface area contributed by atoms with Crippen LogP contribution in [0.25, 0.3) is 11.4 Å². The molecule has 7 unspecified atom stereocenters. The van der Waals surface area contributed by atoms with Crippen LogP contribution in [-0.2, 0) is 35.0 Å². The van der Waals surface area contributed by atoms with E-state index in [2.05, 4.69) is 47.2 Å². The molecule has 0 aliphatic carbocycles. The van der Waals surface area contributed by atoms with Crippen molar-refractivity contribution in [3.8, 4) is 0 Å². The van der Waals surface area contributed by atoms with Crippen LogP contribution >= 0.6 is 0 Å². The highest BCUT2D eigenvalue weighted by atomic mass is 16.8. The van der Waals surface area contributed by atoms with Crippen LogP contribution in [0.15, 0.2) is 48.5 Å². The fourth-order valence-electron chi connectivity index (χ4n) is 7.87. The fourth-order valence-corrected chi connectivity index (χ4v) is 7.87.